The summed E-state index contributed by atoms with van der Waals surface area (Å²) >= 11 is 0. The van der Waals surface area contributed by atoms with E-state index in [2.05, 4.69) is 16.4 Å². The number of pyridine rings is 1. The van der Waals surface area contributed by atoms with Crippen molar-refractivity contribution in [1.29, 1.82) is 0 Å². The van der Waals surface area contributed by atoms with Gasteiger partial charge in [-0.1, -0.05) is 12.5 Å². The zero-order valence-electron chi connectivity index (χ0n) is 10.5. The highest BCUT2D eigenvalue weighted by Crippen LogP contribution is 2.24. The van der Waals surface area contributed by atoms with Crippen LogP contribution >= 0.6 is 0 Å². The fraction of sp³-hybridized carbons (Fsp3) is 0.571. The van der Waals surface area contributed by atoms with E-state index in [1.54, 1.807) is 6.20 Å². The summed E-state index contributed by atoms with van der Waals surface area (Å²) in [5.41, 5.74) is 1.22. The molecule has 2 N–H and O–H groups in total. The number of aromatic nitrogens is 1. The lowest BCUT2D eigenvalue weighted by molar-refractivity contribution is -0.143. The Morgan fingerprint density at radius 2 is 2.39 bits per heavy atom. The maximum absolute atomic E-state index is 11.0. The maximum Gasteiger partial charge on any atom is 0.306 e. The lowest BCUT2D eigenvalue weighted by Crippen LogP contribution is -2.37. The summed E-state index contributed by atoms with van der Waals surface area (Å²) in [6.45, 7) is 0.892. The van der Waals surface area contributed by atoms with Gasteiger partial charge >= 0.3 is 5.97 Å². The molecule has 4 heteroatoms. The molecule has 18 heavy (non-hydrogen) atoms. The number of nitrogens with one attached hydrogen (secondary N) is 1. The number of nitrogens with zero attached hydrogens (tertiary/aromatic N) is 1. The van der Waals surface area contributed by atoms with Crippen molar-refractivity contribution in [3.63, 3.8) is 0 Å². The van der Waals surface area contributed by atoms with Crippen LogP contribution in [0, 0.1) is 5.92 Å². The minimum absolute atomic E-state index is 0.158. The Labute approximate surface area is 107 Å². The van der Waals surface area contributed by atoms with Crippen LogP contribution in [0.2, 0.25) is 0 Å². The lowest BCUT2D eigenvalue weighted by Gasteiger charge is -2.27. The van der Waals surface area contributed by atoms with Crippen molar-refractivity contribution >= 4 is 5.97 Å². The first kappa shape index (κ1) is 13.0. The van der Waals surface area contributed by atoms with E-state index in [-0.39, 0.29) is 5.92 Å². The molecule has 2 rings (SSSR count). The van der Waals surface area contributed by atoms with E-state index in [0.717, 1.165) is 38.6 Å². The molecule has 2 unspecified atom stereocenters. The second-order valence-electron chi connectivity index (χ2n) is 4.96. The fourth-order valence-electron chi connectivity index (χ4n) is 2.57. The molecule has 1 fully saturated rings. The van der Waals surface area contributed by atoms with Crippen molar-refractivity contribution in [1.82, 2.24) is 10.3 Å². The van der Waals surface area contributed by atoms with Crippen LogP contribution < -0.4 is 5.32 Å². The zero-order valence-corrected chi connectivity index (χ0v) is 10.5. The molecule has 98 valence electrons. The second kappa shape index (κ2) is 6.50. The Morgan fingerprint density at radius 3 is 3.11 bits per heavy atom. The quantitative estimate of drug-likeness (QED) is 0.835. The number of carboxylic acids is 1. The van der Waals surface area contributed by atoms with Gasteiger partial charge in [-0.3, -0.25) is 9.78 Å². The predicted molar refractivity (Wildman–Crippen MR) is 69.3 cm³/mol. The molecule has 1 aromatic rings. The predicted octanol–water partition coefficient (Wildman–Crippen LogP) is 1.86. The van der Waals surface area contributed by atoms with Gasteiger partial charge in [-0.05, 0) is 43.9 Å². The Kier molecular flexibility index (Phi) is 4.70. The molecule has 1 aliphatic carbocycles. The van der Waals surface area contributed by atoms with Crippen LogP contribution in [-0.4, -0.2) is 28.6 Å². The van der Waals surface area contributed by atoms with Gasteiger partial charge in [-0.25, -0.2) is 0 Å². The lowest BCUT2D eigenvalue weighted by atomic mass is 9.86. The van der Waals surface area contributed by atoms with Gasteiger partial charge in [0.25, 0.3) is 0 Å². The first-order chi connectivity index (χ1) is 8.75. The van der Waals surface area contributed by atoms with Crippen molar-refractivity contribution < 1.29 is 9.90 Å². The number of carboxylic acid groups (broad SMARTS) is 1. The average Bonchev–Trinajstić information content (AvgIpc) is 2.40. The minimum atomic E-state index is -0.645. The van der Waals surface area contributed by atoms with Crippen LogP contribution in [0.1, 0.15) is 31.2 Å². The Bertz CT molecular complexity index is 381. The van der Waals surface area contributed by atoms with Gasteiger partial charge in [0, 0.05) is 18.4 Å². The van der Waals surface area contributed by atoms with Crippen LogP contribution in [-0.2, 0) is 11.2 Å². The summed E-state index contributed by atoms with van der Waals surface area (Å²) in [4.78, 5) is 15.0. The maximum atomic E-state index is 11.0. The van der Waals surface area contributed by atoms with E-state index < -0.39 is 5.97 Å². The number of hydrogen-bond acceptors (Lipinski definition) is 3. The smallest absolute Gasteiger partial charge is 0.306 e. The van der Waals surface area contributed by atoms with E-state index in [1.165, 1.54) is 5.56 Å². The molecule has 1 heterocycles. The summed E-state index contributed by atoms with van der Waals surface area (Å²) in [6, 6.07) is 4.36. The second-order valence-corrected chi connectivity index (χ2v) is 4.96. The third kappa shape index (κ3) is 3.81. The van der Waals surface area contributed by atoms with Crippen LogP contribution in [0.25, 0.3) is 0 Å². The molecule has 1 saturated carbocycles. The van der Waals surface area contributed by atoms with Crippen molar-refractivity contribution in [2.75, 3.05) is 6.54 Å². The van der Waals surface area contributed by atoms with Gasteiger partial charge in [0.1, 0.15) is 0 Å². The van der Waals surface area contributed by atoms with E-state index in [1.807, 2.05) is 12.3 Å². The van der Waals surface area contributed by atoms with Gasteiger partial charge < -0.3 is 10.4 Å². The zero-order chi connectivity index (χ0) is 12.8. The fourth-order valence-corrected chi connectivity index (χ4v) is 2.57. The molecule has 0 spiro atoms. The molecule has 0 saturated heterocycles. The van der Waals surface area contributed by atoms with E-state index in [4.69, 9.17) is 5.11 Å². The van der Waals surface area contributed by atoms with Gasteiger partial charge in [0.2, 0.25) is 0 Å². The molecule has 0 aromatic carbocycles. The van der Waals surface area contributed by atoms with Crippen LogP contribution in [0.15, 0.2) is 24.5 Å². The van der Waals surface area contributed by atoms with Crippen molar-refractivity contribution in [2.45, 2.75) is 38.1 Å². The molecular formula is C14H20N2O2. The minimum Gasteiger partial charge on any atom is -0.481 e. The number of rotatable bonds is 5. The number of hydrogen-bond donors (Lipinski definition) is 2. The normalized spacial score (nSPS) is 23.8. The Hall–Kier alpha value is -1.42. The summed E-state index contributed by atoms with van der Waals surface area (Å²) in [5.74, 6) is -0.802. The summed E-state index contributed by atoms with van der Waals surface area (Å²) < 4.78 is 0. The third-order valence-corrected chi connectivity index (χ3v) is 3.59. The van der Waals surface area contributed by atoms with E-state index in [0.29, 0.717) is 6.04 Å². The standard InChI is InChI=1S/C14H20N2O2/c17-14(18)12-4-1-5-13(9-12)16-8-6-11-3-2-7-15-10-11/h2-3,7,10,12-13,16H,1,4-6,8-9H2,(H,17,18). The van der Waals surface area contributed by atoms with Crippen molar-refractivity contribution in [3.8, 4) is 0 Å². The molecule has 0 amide bonds. The van der Waals surface area contributed by atoms with Gasteiger partial charge in [-0.15, -0.1) is 0 Å². The largest absolute Gasteiger partial charge is 0.481 e. The van der Waals surface area contributed by atoms with Gasteiger partial charge in [0.05, 0.1) is 5.92 Å². The third-order valence-electron chi connectivity index (χ3n) is 3.59. The number of carbonyl (C=O) groups is 1. The highest BCUT2D eigenvalue weighted by molar-refractivity contribution is 5.70. The molecule has 1 aromatic heterocycles. The van der Waals surface area contributed by atoms with Crippen molar-refractivity contribution in [2.24, 2.45) is 5.92 Å². The molecule has 0 radical (unpaired) electrons. The first-order valence-electron chi connectivity index (χ1n) is 6.61. The van der Waals surface area contributed by atoms with Gasteiger partial charge in [0.15, 0.2) is 0 Å². The number of aliphatic carboxylic acids is 1. The summed E-state index contributed by atoms with van der Waals surface area (Å²) in [5, 5.41) is 12.5. The topological polar surface area (TPSA) is 62.2 Å². The highest BCUT2D eigenvalue weighted by atomic mass is 16.4. The Balaban J connectivity index is 1.72. The molecule has 4 nitrogen and oxygen atoms in total. The Morgan fingerprint density at radius 1 is 1.50 bits per heavy atom. The van der Waals surface area contributed by atoms with Crippen LogP contribution in [0.3, 0.4) is 0 Å². The van der Waals surface area contributed by atoms with Crippen LogP contribution in [0.4, 0.5) is 0 Å². The molecule has 1 aliphatic rings. The van der Waals surface area contributed by atoms with Crippen LogP contribution in [0.5, 0.6) is 0 Å². The summed E-state index contributed by atoms with van der Waals surface area (Å²) in [6.07, 6.45) is 8.30. The molecule has 0 aliphatic heterocycles. The first-order valence-corrected chi connectivity index (χ1v) is 6.61. The SMILES string of the molecule is O=C(O)C1CCCC(NCCc2cccnc2)C1. The van der Waals surface area contributed by atoms with Gasteiger partial charge in [-0.2, -0.15) is 0 Å². The van der Waals surface area contributed by atoms with E-state index >= 15 is 0 Å². The van der Waals surface area contributed by atoms with Crippen molar-refractivity contribution in [3.05, 3.63) is 30.1 Å². The molecular weight excluding hydrogens is 228 g/mol. The van der Waals surface area contributed by atoms with E-state index in [9.17, 15) is 4.79 Å². The molecule has 2 atom stereocenters. The molecule has 0 bridgehead atoms. The average molecular weight is 248 g/mol. The monoisotopic (exact) mass is 248 g/mol. The highest BCUT2D eigenvalue weighted by Gasteiger charge is 2.26. The summed E-state index contributed by atoms with van der Waals surface area (Å²) in [7, 11) is 0.